The highest BCUT2D eigenvalue weighted by atomic mass is 16.4. The average molecular weight is 289 g/mol. The molecule has 1 aromatic rings. The van der Waals surface area contributed by atoms with Crippen LogP contribution in [-0.2, 0) is 9.59 Å². The highest BCUT2D eigenvalue weighted by Crippen LogP contribution is 2.29. The monoisotopic (exact) mass is 289 g/mol. The van der Waals surface area contributed by atoms with E-state index in [0.29, 0.717) is 26.1 Å². The molecule has 6 nitrogen and oxygen atoms in total. The summed E-state index contributed by atoms with van der Waals surface area (Å²) in [5.41, 5.74) is 1.93. The second-order valence-electron chi connectivity index (χ2n) is 5.55. The standard InChI is InChI=1S/C15H19N3O3/c19-14-9-16-4-5-18(14)12-3-1-2-10(6-12)13-7-11(8-17-13)15(20)21/h1-3,6,11,13,16-17H,4-5,7-9H2,(H,20,21). The number of anilines is 1. The number of rotatable bonds is 3. The number of nitrogens with one attached hydrogen (secondary N) is 2. The van der Waals surface area contributed by atoms with Crippen molar-refractivity contribution in [2.75, 3.05) is 31.1 Å². The van der Waals surface area contributed by atoms with Gasteiger partial charge in [0.05, 0.1) is 12.5 Å². The fourth-order valence-corrected chi connectivity index (χ4v) is 2.97. The SMILES string of the molecule is O=C(O)C1CNC(c2cccc(N3CCNCC3=O)c2)C1. The summed E-state index contributed by atoms with van der Waals surface area (Å²) in [4.78, 5) is 24.8. The van der Waals surface area contributed by atoms with E-state index in [1.165, 1.54) is 0 Å². The van der Waals surface area contributed by atoms with Gasteiger partial charge in [-0.3, -0.25) is 9.59 Å². The van der Waals surface area contributed by atoms with Crippen molar-refractivity contribution in [1.29, 1.82) is 0 Å². The van der Waals surface area contributed by atoms with Crippen molar-refractivity contribution in [2.45, 2.75) is 12.5 Å². The lowest BCUT2D eigenvalue weighted by Crippen LogP contribution is -2.48. The molecule has 0 radical (unpaired) electrons. The number of carbonyl (C=O) groups excluding carboxylic acids is 1. The molecule has 2 aliphatic rings. The van der Waals surface area contributed by atoms with Crippen LogP contribution in [-0.4, -0.2) is 43.2 Å². The first-order valence-corrected chi connectivity index (χ1v) is 7.22. The fraction of sp³-hybridized carbons (Fsp3) is 0.467. The van der Waals surface area contributed by atoms with Crippen molar-refractivity contribution in [2.24, 2.45) is 5.92 Å². The Kier molecular flexibility index (Phi) is 3.90. The zero-order valence-corrected chi connectivity index (χ0v) is 11.7. The third-order valence-corrected chi connectivity index (χ3v) is 4.15. The van der Waals surface area contributed by atoms with Gasteiger partial charge in [-0.2, -0.15) is 0 Å². The molecule has 0 aliphatic carbocycles. The van der Waals surface area contributed by atoms with Crippen LogP contribution in [0.25, 0.3) is 0 Å². The average Bonchev–Trinajstić information content (AvgIpc) is 2.98. The van der Waals surface area contributed by atoms with Gasteiger partial charge in [0.2, 0.25) is 5.91 Å². The lowest BCUT2D eigenvalue weighted by Gasteiger charge is -2.28. The van der Waals surface area contributed by atoms with E-state index in [0.717, 1.165) is 17.8 Å². The van der Waals surface area contributed by atoms with Gasteiger partial charge in [0.25, 0.3) is 0 Å². The normalized spacial score (nSPS) is 26.1. The van der Waals surface area contributed by atoms with E-state index >= 15 is 0 Å². The molecular formula is C15H19N3O3. The van der Waals surface area contributed by atoms with Crippen LogP contribution in [0.15, 0.2) is 24.3 Å². The number of amides is 1. The van der Waals surface area contributed by atoms with E-state index < -0.39 is 5.97 Å². The molecule has 21 heavy (non-hydrogen) atoms. The fourth-order valence-electron chi connectivity index (χ4n) is 2.97. The molecule has 2 fully saturated rings. The molecule has 3 rings (SSSR count). The summed E-state index contributed by atoms with van der Waals surface area (Å²) >= 11 is 0. The minimum absolute atomic E-state index is 0.0454. The Morgan fingerprint density at radius 1 is 1.38 bits per heavy atom. The van der Waals surface area contributed by atoms with Crippen LogP contribution >= 0.6 is 0 Å². The van der Waals surface area contributed by atoms with E-state index in [1.807, 2.05) is 24.3 Å². The van der Waals surface area contributed by atoms with E-state index in [1.54, 1.807) is 4.90 Å². The van der Waals surface area contributed by atoms with E-state index in [2.05, 4.69) is 10.6 Å². The molecular weight excluding hydrogens is 270 g/mol. The van der Waals surface area contributed by atoms with Gasteiger partial charge in [0, 0.05) is 31.4 Å². The molecule has 6 heteroatoms. The maximum absolute atomic E-state index is 11.9. The smallest absolute Gasteiger partial charge is 0.307 e. The molecule has 2 saturated heterocycles. The Morgan fingerprint density at radius 3 is 2.95 bits per heavy atom. The third kappa shape index (κ3) is 2.91. The molecule has 0 bridgehead atoms. The second kappa shape index (κ2) is 5.83. The molecule has 1 amide bonds. The van der Waals surface area contributed by atoms with Gasteiger partial charge >= 0.3 is 5.97 Å². The number of nitrogens with zero attached hydrogens (tertiary/aromatic N) is 1. The predicted octanol–water partition coefficient (Wildman–Crippen LogP) is 0.358. The number of carbonyl (C=O) groups is 2. The number of aliphatic carboxylic acids is 1. The number of carboxylic acids is 1. The molecule has 0 saturated carbocycles. The van der Waals surface area contributed by atoms with Gasteiger partial charge in [-0.15, -0.1) is 0 Å². The maximum atomic E-state index is 11.9. The van der Waals surface area contributed by atoms with Crippen LogP contribution in [0.1, 0.15) is 18.0 Å². The van der Waals surface area contributed by atoms with Crippen molar-refractivity contribution in [3.63, 3.8) is 0 Å². The van der Waals surface area contributed by atoms with Crippen LogP contribution < -0.4 is 15.5 Å². The molecule has 2 heterocycles. The minimum atomic E-state index is -0.751. The minimum Gasteiger partial charge on any atom is -0.481 e. The molecule has 3 N–H and O–H groups in total. The van der Waals surface area contributed by atoms with Crippen molar-refractivity contribution in [3.8, 4) is 0 Å². The maximum Gasteiger partial charge on any atom is 0.307 e. The van der Waals surface area contributed by atoms with Gasteiger partial charge in [-0.05, 0) is 24.1 Å². The predicted molar refractivity (Wildman–Crippen MR) is 78.2 cm³/mol. The Hall–Kier alpha value is -1.92. The van der Waals surface area contributed by atoms with Crippen LogP contribution in [0.2, 0.25) is 0 Å². The summed E-state index contributed by atoms with van der Waals surface area (Å²) in [6.07, 6.45) is 0.592. The lowest BCUT2D eigenvalue weighted by atomic mass is 9.99. The summed E-state index contributed by atoms with van der Waals surface area (Å²) in [7, 11) is 0. The molecule has 0 spiro atoms. The first-order valence-electron chi connectivity index (χ1n) is 7.22. The summed E-state index contributed by atoms with van der Waals surface area (Å²) in [5, 5.41) is 15.4. The van der Waals surface area contributed by atoms with Gasteiger partial charge in [-0.25, -0.2) is 0 Å². The lowest BCUT2D eigenvalue weighted by molar-refractivity contribution is -0.141. The van der Waals surface area contributed by atoms with Crippen molar-refractivity contribution < 1.29 is 14.7 Å². The molecule has 1 aromatic carbocycles. The van der Waals surface area contributed by atoms with Crippen molar-refractivity contribution >= 4 is 17.6 Å². The number of hydrogen-bond acceptors (Lipinski definition) is 4. The first-order chi connectivity index (χ1) is 10.1. The molecule has 112 valence electrons. The van der Waals surface area contributed by atoms with Crippen LogP contribution in [0, 0.1) is 5.92 Å². The second-order valence-corrected chi connectivity index (χ2v) is 5.55. The number of piperazine rings is 1. The van der Waals surface area contributed by atoms with E-state index in [4.69, 9.17) is 5.11 Å². The van der Waals surface area contributed by atoms with Gasteiger partial charge in [-0.1, -0.05) is 12.1 Å². The summed E-state index contributed by atoms with van der Waals surface area (Å²) in [6, 6.07) is 7.87. The topological polar surface area (TPSA) is 81.7 Å². The zero-order chi connectivity index (χ0) is 14.8. The van der Waals surface area contributed by atoms with Gasteiger partial charge in [0.15, 0.2) is 0 Å². The molecule has 2 unspecified atom stereocenters. The van der Waals surface area contributed by atoms with Crippen LogP contribution in [0.3, 0.4) is 0 Å². The Balaban J connectivity index is 1.77. The summed E-state index contributed by atoms with van der Waals surface area (Å²) in [6.45, 7) is 2.32. The summed E-state index contributed by atoms with van der Waals surface area (Å²) in [5.74, 6) is -1.01. The van der Waals surface area contributed by atoms with Crippen LogP contribution in [0.4, 0.5) is 5.69 Å². The highest BCUT2D eigenvalue weighted by Gasteiger charge is 2.30. The Morgan fingerprint density at radius 2 is 2.24 bits per heavy atom. The summed E-state index contributed by atoms with van der Waals surface area (Å²) < 4.78 is 0. The number of hydrogen-bond donors (Lipinski definition) is 3. The van der Waals surface area contributed by atoms with Crippen molar-refractivity contribution in [1.82, 2.24) is 10.6 Å². The largest absolute Gasteiger partial charge is 0.481 e. The Bertz CT molecular complexity index is 561. The first kappa shape index (κ1) is 14.0. The Labute approximate surface area is 123 Å². The molecule has 2 atom stereocenters. The van der Waals surface area contributed by atoms with Gasteiger partial charge in [0.1, 0.15) is 0 Å². The third-order valence-electron chi connectivity index (χ3n) is 4.15. The van der Waals surface area contributed by atoms with Crippen LogP contribution in [0.5, 0.6) is 0 Å². The molecule has 0 aromatic heterocycles. The van der Waals surface area contributed by atoms with E-state index in [9.17, 15) is 9.59 Å². The molecule has 2 aliphatic heterocycles. The quantitative estimate of drug-likeness (QED) is 0.748. The van der Waals surface area contributed by atoms with Crippen molar-refractivity contribution in [3.05, 3.63) is 29.8 Å². The number of benzene rings is 1. The number of carboxylic acid groups (broad SMARTS) is 1. The van der Waals surface area contributed by atoms with Gasteiger partial charge < -0.3 is 20.6 Å². The van der Waals surface area contributed by atoms with E-state index in [-0.39, 0.29) is 17.9 Å². The highest BCUT2D eigenvalue weighted by molar-refractivity contribution is 5.95. The zero-order valence-electron chi connectivity index (χ0n) is 11.7.